The van der Waals surface area contributed by atoms with Gasteiger partial charge in [-0.25, -0.2) is 4.98 Å². The summed E-state index contributed by atoms with van der Waals surface area (Å²) in [5.41, 5.74) is 9.72. The molecular weight excluding hydrogens is 272 g/mol. The van der Waals surface area contributed by atoms with Gasteiger partial charge in [-0.1, -0.05) is 23.9 Å². The van der Waals surface area contributed by atoms with E-state index in [4.69, 9.17) is 5.73 Å². The number of thioether (sulfide) groups is 1. The summed E-state index contributed by atoms with van der Waals surface area (Å²) in [4.78, 5) is 15.7. The molecule has 2 aromatic rings. The fourth-order valence-corrected chi connectivity index (χ4v) is 3.36. The van der Waals surface area contributed by atoms with Crippen LogP contribution in [0, 0.1) is 0 Å². The van der Waals surface area contributed by atoms with Gasteiger partial charge in [0, 0.05) is 37.0 Å². The number of carbonyl (C=O) groups is 1. The van der Waals surface area contributed by atoms with Gasteiger partial charge in [0.2, 0.25) is 5.91 Å². The van der Waals surface area contributed by atoms with Crippen molar-refractivity contribution in [1.29, 1.82) is 0 Å². The quantitative estimate of drug-likeness (QED) is 0.907. The van der Waals surface area contributed by atoms with Crippen LogP contribution in [0.4, 0.5) is 5.69 Å². The fraction of sp³-hybridized carbons (Fsp3) is 0.286. The van der Waals surface area contributed by atoms with Crippen LogP contribution < -0.4 is 11.1 Å². The van der Waals surface area contributed by atoms with E-state index in [0.29, 0.717) is 6.54 Å². The van der Waals surface area contributed by atoms with Crippen LogP contribution in [0.1, 0.15) is 12.6 Å². The molecule has 5 nitrogen and oxygen atoms in total. The van der Waals surface area contributed by atoms with Gasteiger partial charge in [-0.2, -0.15) is 0 Å². The van der Waals surface area contributed by atoms with Gasteiger partial charge in [-0.05, 0) is 12.1 Å². The summed E-state index contributed by atoms with van der Waals surface area (Å²) in [6.07, 6.45) is 0. The number of rotatable bonds is 3. The number of imidazole rings is 1. The standard InChI is InChI=1S/C14H16N4OS/c1-9(19)16-11-4-2-10(3-5-11)13-12(8-15)18-6-7-20-14(18)17-13/h2-5H,6-8,15H2,1H3,(H,16,19). The second-order valence-corrected chi connectivity index (χ2v) is 5.71. The van der Waals surface area contributed by atoms with Crippen LogP contribution in [0.25, 0.3) is 11.3 Å². The highest BCUT2D eigenvalue weighted by molar-refractivity contribution is 7.99. The third-order valence-electron chi connectivity index (χ3n) is 3.26. The van der Waals surface area contributed by atoms with Crippen molar-refractivity contribution < 1.29 is 4.79 Å². The Balaban J connectivity index is 1.95. The molecule has 20 heavy (non-hydrogen) atoms. The number of fused-ring (bicyclic) bond motifs is 1. The Labute approximate surface area is 121 Å². The van der Waals surface area contributed by atoms with E-state index in [1.54, 1.807) is 11.8 Å². The number of aromatic nitrogens is 2. The number of amides is 1. The number of hydrogen-bond acceptors (Lipinski definition) is 4. The third kappa shape index (κ3) is 2.32. The summed E-state index contributed by atoms with van der Waals surface area (Å²) in [6, 6.07) is 7.70. The van der Waals surface area contributed by atoms with Crippen molar-refractivity contribution in [2.75, 3.05) is 11.1 Å². The number of nitrogens with zero attached hydrogens (tertiary/aromatic N) is 2. The lowest BCUT2D eigenvalue weighted by molar-refractivity contribution is -0.114. The molecule has 0 radical (unpaired) electrons. The zero-order chi connectivity index (χ0) is 14.1. The van der Waals surface area contributed by atoms with E-state index in [2.05, 4.69) is 14.9 Å². The van der Waals surface area contributed by atoms with Crippen LogP contribution in [0.15, 0.2) is 29.4 Å². The van der Waals surface area contributed by atoms with Gasteiger partial charge in [0.15, 0.2) is 5.16 Å². The zero-order valence-corrected chi connectivity index (χ0v) is 12.0. The van der Waals surface area contributed by atoms with Crippen LogP contribution in [0.5, 0.6) is 0 Å². The smallest absolute Gasteiger partial charge is 0.221 e. The van der Waals surface area contributed by atoms with Crippen molar-refractivity contribution in [3.05, 3.63) is 30.0 Å². The Kier molecular flexibility index (Phi) is 3.50. The maximum atomic E-state index is 11.0. The Bertz CT molecular complexity index is 648. The van der Waals surface area contributed by atoms with Gasteiger partial charge >= 0.3 is 0 Å². The minimum absolute atomic E-state index is 0.0715. The first kappa shape index (κ1) is 13.2. The molecule has 1 aromatic heterocycles. The fourth-order valence-electron chi connectivity index (χ4n) is 2.39. The van der Waals surface area contributed by atoms with E-state index in [1.165, 1.54) is 6.92 Å². The van der Waals surface area contributed by atoms with Crippen LogP contribution >= 0.6 is 11.8 Å². The van der Waals surface area contributed by atoms with Crippen molar-refractivity contribution in [1.82, 2.24) is 9.55 Å². The van der Waals surface area contributed by atoms with Crippen molar-refractivity contribution in [3.63, 3.8) is 0 Å². The maximum absolute atomic E-state index is 11.0. The summed E-state index contributed by atoms with van der Waals surface area (Å²) >= 11 is 1.76. The normalized spacial score (nSPS) is 13.3. The summed E-state index contributed by atoms with van der Waals surface area (Å²) in [7, 11) is 0. The van der Waals surface area contributed by atoms with E-state index >= 15 is 0 Å². The number of carbonyl (C=O) groups excluding carboxylic acids is 1. The molecule has 1 aliphatic rings. The average molecular weight is 288 g/mol. The van der Waals surface area contributed by atoms with Crippen molar-refractivity contribution >= 4 is 23.4 Å². The molecule has 0 aliphatic carbocycles. The van der Waals surface area contributed by atoms with Crippen LogP contribution in [-0.2, 0) is 17.9 Å². The lowest BCUT2D eigenvalue weighted by Crippen LogP contribution is -2.07. The molecule has 0 saturated carbocycles. The average Bonchev–Trinajstić information content (AvgIpc) is 2.98. The summed E-state index contributed by atoms with van der Waals surface area (Å²) in [5.74, 6) is 0.995. The first-order valence-electron chi connectivity index (χ1n) is 6.49. The molecule has 1 amide bonds. The van der Waals surface area contributed by atoms with E-state index in [0.717, 1.165) is 40.1 Å². The molecule has 0 spiro atoms. The van der Waals surface area contributed by atoms with E-state index in [-0.39, 0.29) is 5.91 Å². The van der Waals surface area contributed by atoms with E-state index < -0.39 is 0 Å². The Morgan fingerprint density at radius 2 is 2.20 bits per heavy atom. The molecule has 0 unspecified atom stereocenters. The first-order chi connectivity index (χ1) is 9.69. The number of hydrogen-bond donors (Lipinski definition) is 2. The predicted molar refractivity (Wildman–Crippen MR) is 80.6 cm³/mol. The molecule has 2 heterocycles. The molecule has 3 rings (SSSR count). The Morgan fingerprint density at radius 3 is 2.85 bits per heavy atom. The van der Waals surface area contributed by atoms with Gasteiger partial charge < -0.3 is 15.6 Å². The molecule has 0 fully saturated rings. The first-order valence-corrected chi connectivity index (χ1v) is 7.48. The summed E-state index contributed by atoms with van der Waals surface area (Å²) in [6.45, 7) is 2.96. The molecular formula is C14H16N4OS. The van der Waals surface area contributed by atoms with Crippen LogP contribution in [0.2, 0.25) is 0 Å². The zero-order valence-electron chi connectivity index (χ0n) is 11.2. The lowest BCUT2D eigenvalue weighted by atomic mass is 10.1. The Morgan fingerprint density at radius 1 is 1.45 bits per heavy atom. The minimum Gasteiger partial charge on any atom is -0.326 e. The van der Waals surface area contributed by atoms with Crippen molar-refractivity contribution in [3.8, 4) is 11.3 Å². The van der Waals surface area contributed by atoms with Crippen molar-refractivity contribution in [2.24, 2.45) is 5.73 Å². The topological polar surface area (TPSA) is 72.9 Å². The molecule has 0 saturated heterocycles. The van der Waals surface area contributed by atoms with Crippen LogP contribution in [0.3, 0.4) is 0 Å². The molecule has 1 aliphatic heterocycles. The molecule has 1 aromatic carbocycles. The predicted octanol–water partition coefficient (Wildman–Crippen LogP) is 2.07. The van der Waals surface area contributed by atoms with Gasteiger partial charge in [-0.15, -0.1) is 0 Å². The SMILES string of the molecule is CC(=O)Nc1ccc(-c2nc3n(c2CN)CCS3)cc1. The van der Waals surface area contributed by atoms with Crippen LogP contribution in [-0.4, -0.2) is 21.2 Å². The Hall–Kier alpha value is -1.79. The number of benzene rings is 1. The maximum Gasteiger partial charge on any atom is 0.221 e. The molecule has 0 atom stereocenters. The highest BCUT2D eigenvalue weighted by Gasteiger charge is 2.21. The molecule has 3 N–H and O–H groups in total. The second kappa shape index (κ2) is 5.30. The lowest BCUT2D eigenvalue weighted by Gasteiger charge is -2.06. The molecule has 104 valence electrons. The molecule has 0 bridgehead atoms. The molecule has 6 heteroatoms. The largest absolute Gasteiger partial charge is 0.326 e. The number of anilines is 1. The van der Waals surface area contributed by atoms with Gasteiger partial charge in [0.05, 0.1) is 11.4 Å². The minimum atomic E-state index is -0.0715. The highest BCUT2D eigenvalue weighted by atomic mass is 32.2. The van der Waals surface area contributed by atoms with Gasteiger partial charge in [0.25, 0.3) is 0 Å². The van der Waals surface area contributed by atoms with Gasteiger partial charge in [-0.3, -0.25) is 4.79 Å². The third-order valence-corrected chi connectivity index (χ3v) is 4.21. The highest BCUT2D eigenvalue weighted by Crippen LogP contribution is 2.33. The van der Waals surface area contributed by atoms with E-state index in [9.17, 15) is 4.79 Å². The summed E-state index contributed by atoms with van der Waals surface area (Å²) in [5, 5.41) is 3.81. The van der Waals surface area contributed by atoms with Crippen molar-refractivity contribution in [2.45, 2.75) is 25.2 Å². The number of nitrogens with two attached hydrogens (primary N) is 1. The monoisotopic (exact) mass is 288 g/mol. The van der Waals surface area contributed by atoms with Gasteiger partial charge in [0.1, 0.15) is 0 Å². The summed E-state index contributed by atoms with van der Waals surface area (Å²) < 4.78 is 2.20. The van der Waals surface area contributed by atoms with E-state index in [1.807, 2.05) is 24.3 Å². The number of nitrogens with one attached hydrogen (secondary N) is 1. The second-order valence-electron chi connectivity index (χ2n) is 4.65.